The third kappa shape index (κ3) is 3.57. The number of carbonyl (C=O) groups excluding carboxylic acids is 1. The molecule has 0 unspecified atom stereocenters. The van der Waals surface area contributed by atoms with Crippen LogP contribution in [0.1, 0.15) is 5.56 Å². The lowest BCUT2D eigenvalue weighted by Crippen LogP contribution is -2.30. The van der Waals surface area contributed by atoms with Crippen molar-refractivity contribution in [2.24, 2.45) is 7.05 Å². The number of aryl methyl sites for hydroxylation is 1. The molecule has 0 aliphatic carbocycles. The minimum Gasteiger partial charge on any atom is -0.323 e. The van der Waals surface area contributed by atoms with Crippen LogP contribution in [0.3, 0.4) is 0 Å². The lowest BCUT2D eigenvalue weighted by atomic mass is 10.3. The molecule has 1 aromatic carbocycles. The lowest BCUT2D eigenvalue weighted by molar-refractivity contribution is 0.220. The third-order valence-corrected chi connectivity index (χ3v) is 3.78. The number of nitrogens with zero attached hydrogens (tertiary/aromatic N) is 5. The maximum atomic E-state index is 12.3. The molecule has 7 nitrogen and oxygen atoms in total. The Balaban J connectivity index is 1.66. The number of anilines is 1. The summed E-state index contributed by atoms with van der Waals surface area (Å²) in [6.45, 7) is 0.471. The molecule has 0 aliphatic rings. The van der Waals surface area contributed by atoms with Gasteiger partial charge in [-0.2, -0.15) is 10.2 Å². The number of para-hydroxylation sites is 1. The minimum absolute atomic E-state index is 0.224. The van der Waals surface area contributed by atoms with Gasteiger partial charge in [0, 0.05) is 25.9 Å². The summed E-state index contributed by atoms with van der Waals surface area (Å²) < 4.78 is 3.33. The van der Waals surface area contributed by atoms with E-state index in [1.165, 1.54) is 0 Å². The molecule has 0 bridgehead atoms. The molecule has 0 radical (unpaired) electrons. The van der Waals surface area contributed by atoms with Gasteiger partial charge in [-0.15, -0.1) is 0 Å². The Kier molecular flexibility index (Phi) is 4.52. The number of hydrogen-bond acceptors (Lipinski definition) is 3. The van der Waals surface area contributed by atoms with Gasteiger partial charge >= 0.3 is 6.03 Å². The minimum atomic E-state index is -0.224. The SMILES string of the molecule is CN(Cc1cnn(C)c1)C(=O)Nc1cnn(-c2ccccc2Cl)c1. The van der Waals surface area contributed by atoms with Gasteiger partial charge in [0.15, 0.2) is 0 Å². The zero-order chi connectivity index (χ0) is 17.1. The van der Waals surface area contributed by atoms with Crippen molar-refractivity contribution in [3.63, 3.8) is 0 Å². The molecule has 0 saturated carbocycles. The number of benzene rings is 1. The normalized spacial score (nSPS) is 10.6. The van der Waals surface area contributed by atoms with Gasteiger partial charge in [-0.1, -0.05) is 23.7 Å². The van der Waals surface area contributed by atoms with E-state index in [0.717, 1.165) is 11.3 Å². The highest BCUT2D eigenvalue weighted by atomic mass is 35.5. The van der Waals surface area contributed by atoms with Gasteiger partial charge in [0.25, 0.3) is 0 Å². The smallest absolute Gasteiger partial charge is 0.321 e. The van der Waals surface area contributed by atoms with Gasteiger partial charge in [0.1, 0.15) is 0 Å². The fraction of sp³-hybridized carbons (Fsp3) is 0.188. The first-order chi connectivity index (χ1) is 11.5. The topological polar surface area (TPSA) is 68.0 Å². The van der Waals surface area contributed by atoms with Crippen LogP contribution in [0, 0.1) is 0 Å². The monoisotopic (exact) mass is 344 g/mol. The summed E-state index contributed by atoms with van der Waals surface area (Å²) in [5.74, 6) is 0. The van der Waals surface area contributed by atoms with E-state index in [0.29, 0.717) is 17.3 Å². The number of urea groups is 1. The molecule has 3 rings (SSSR count). The average molecular weight is 345 g/mol. The van der Waals surface area contributed by atoms with Crippen LogP contribution in [0.5, 0.6) is 0 Å². The lowest BCUT2D eigenvalue weighted by Gasteiger charge is -2.16. The van der Waals surface area contributed by atoms with Crippen LogP contribution in [-0.4, -0.2) is 37.5 Å². The summed E-state index contributed by atoms with van der Waals surface area (Å²) >= 11 is 6.15. The maximum Gasteiger partial charge on any atom is 0.321 e. The molecule has 8 heteroatoms. The molecular weight excluding hydrogens is 328 g/mol. The Morgan fingerprint density at radius 2 is 2.04 bits per heavy atom. The molecule has 1 N–H and O–H groups in total. The Hall–Kier alpha value is -2.80. The van der Waals surface area contributed by atoms with Crippen molar-refractivity contribution >= 4 is 23.3 Å². The molecule has 0 saturated heterocycles. The number of rotatable bonds is 4. The predicted octanol–water partition coefficient (Wildman–Crippen LogP) is 2.92. The summed E-state index contributed by atoms with van der Waals surface area (Å²) in [7, 11) is 3.56. The van der Waals surface area contributed by atoms with E-state index in [1.807, 2.05) is 31.4 Å². The molecule has 2 aromatic heterocycles. The van der Waals surface area contributed by atoms with Crippen LogP contribution in [0.25, 0.3) is 5.69 Å². The zero-order valence-corrected chi connectivity index (χ0v) is 14.1. The maximum absolute atomic E-state index is 12.3. The van der Waals surface area contributed by atoms with E-state index in [2.05, 4.69) is 15.5 Å². The van der Waals surface area contributed by atoms with Gasteiger partial charge < -0.3 is 10.2 Å². The van der Waals surface area contributed by atoms with Crippen molar-refractivity contribution in [1.82, 2.24) is 24.5 Å². The zero-order valence-electron chi connectivity index (χ0n) is 13.3. The highest BCUT2D eigenvalue weighted by Crippen LogP contribution is 2.20. The van der Waals surface area contributed by atoms with E-state index in [1.54, 1.807) is 46.0 Å². The van der Waals surface area contributed by atoms with Gasteiger partial charge in [-0.25, -0.2) is 9.48 Å². The quantitative estimate of drug-likeness (QED) is 0.791. The van der Waals surface area contributed by atoms with Crippen molar-refractivity contribution < 1.29 is 4.79 Å². The fourth-order valence-corrected chi connectivity index (χ4v) is 2.50. The Labute approximate surface area is 144 Å². The Morgan fingerprint density at radius 3 is 2.75 bits per heavy atom. The highest BCUT2D eigenvalue weighted by Gasteiger charge is 2.12. The molecular formula is C16H17ClN6O. The van der Waals surface area contributed by atoms with Crippen molar-refractivity contribution in [2.45, 2.75) is 6.54 Å². The van der Waals surface area contributed by atoms with Crippen LogP contribution in [-0.2, 0) is 13.6 Å². The van der Waals surface area contributed by atoms with Crippen LogP contribution in [0.4, 0.5) is 10.5 Å². The van der Waals surface area contributed by atoms with Crippen molar-refractivity contribution in [3.8, 4) is 5.69 Å². The number of carbonyl (C=O) groups is 1. The van der Waals surface area contributed by atoms with E-state index in [9.17, 15) is 4.79 Å². The second-order valence-corrected chi connectivity index (χ2v) is 5.84. The third-order valence-electron chi connectivity index (χ3n) is 3.46. The Morgan fingerprint density at radius 1 is 1.25 bits per heavy atom. The first kappa shape index (κ1) is 16.1. The predicted molar refractivity (Wildman–Crippen MR) is 92.3 cm³/mol. The summed E-state index contributed by atoms with van der Waals surface area (Å²) in [6, 6.07) is 7.15. The molecule has 0 spiro atoms. The van der Waals surface area contributed by atoms with E-state index in [-0.39, 0.29) is 6.03 Å². The van der Waals surface area contributed by atoms with Gasteiger partial charge in [-0.3, -0.25) is 4.68 Å². The number of aromatic nitrogens is 4. The summed E-state index contributed by atoms with van der Waals surface area (Å²) in [5, 5.41) is 11.7. The molecule has 24 heavy (non-hydrogen) atoms. The average Bonchev–Trinajstić information content (AvgIpc) is 3.17. The number of amides is 2. The van der Waals surface area contributed by atoms with Gasteiger partial charge in [-0.05, 0) is 12.1 Å². The largest absolute Gasteiger partial charge is 0.323 e. The van der Waals surface area contributed by atoms with E-state index in [4.69, 9.17) is 11.6 Å². The van der Waals surface area contributed by atoms with Gasteiger partial charge in [0.2, 0.25) is 0 Å². The molecule has 2 heterocycles. The van der Waals surface area contributed by atoms with Crippen LogP contribution < -0.4 is 5.32 Å². The molecule has 2 amide bonds. The first-order valence-corrected chi connectivity index (χ1v) is 7.70. The molecule has 124 valence electrons. The number of hydrogen-bond donors (Lipinski definition) is 1. The highest BCUT2D eigenvalue weighted by molar-refractivity contribution is 6.32. The molecule has 0 aliphatic heterocycles. The fourth-order valence-electron chi connectivity index (χ4n) is 2.27. The van der Waals surface area contributed by atoms with E-state index >= 15 is 0 Å². The second kappa shape index (κ2) is 6.76. The van der Waals surface area contributed by atoms with Crippen molar-refractivity contribution in [2.75, 3.05) is 12.4 Å². The summed E-state index contributed by atoms with van der Waals surface area (Å²) in [4.78, 5) is 13.8. The summed E-state index contributed by atoms with van der Waals surface area (Å²) in [6.07, 6.45) is 6.91. The first-order valence-electron chi connectivity index (χ1n) is 7.32. The number of nitrogens with one attached hydrogen (secondary N) is 1. The van der Waals surface area contributed by atoms with Crippen LogP contribution >= 0.6 is 11.6 Å². The van der Waals surface area contributed by atoms with Crippen molar-refractivity contribution in [1.29, 1.82) is 0 Å². The van der Waals surface area contributed by atoms with E-state index < -0.39 is 0 Å². The number of halogens is 1. The molecule has 0 fully saturated rings. The van der Waals surface area contributed by atoms with Gasteiger partial charge in [0.05, 0.1) is 41.5 Å². The van der Waals surface area contributed by atoms with Crippen LogP contribution in [0.15, 0.2) is 49.1 Å². The molecule has 0 atom stereocenters. The van der Waals surface area contributed by atoms with Crippen LogP contribution in [0.2, 0.25) is 5.02 Å². The summed E-state index contributed by atoms with van der Waals surface area (Å²) in [5.41, 5.74) is 2.31. The Bertz CT molecular complexity index is 856. The standard InChI is InChI=1S/C16H17ClN6O/c1-21(9-12-7-18-22(2)10-12)16(24)20-13-8-19-23(11-13)15-6-4-3-5-14(15)17/h3-8,10-11H,9H2,1-2H3,(H,20,24). The second-order valence-electron chi connectivity index (χ2n) is 5.43. The molecule has 3 aromatic rings. The van der Waals surface area contributed by atoms with Crippen molar-refractivity contribution in [3.05, 3.63) is 59.6 Å².